The second-order valence-electron chi connectivity index (χ2n) is 15.1. The van der Waals surface area contributed by atoms with Crippen LogP contribution in [0.3, 0.4) is 0 Å². The van der Waals surface area contributed by atoms with Crippen LogP contribution in [-0.2, 0) is 0 Å². The Hall–Kier alpha value is -7.20. The van der Waals surface area contributed by atoms with E-state index in [0.717, 1.165) is 34.1 Å². The molecule has 0 fully saturated rings. The lowest BCUT2D eigenvalue weighted by Gasteiger charge is -2.27. The predicted molar refractivity (Wildman–Crippen MR) is 254 cm³/mol. The van der Waals surface area contributed by atoms with Gasteiger partial charge in [-0.25, -0.2) is 0 Å². The Morgan fingerprint density at radius 2 is 0.763 bits per heavy atom. The zero-order valence-electron chi connectivity index (χ0n) is 33.1. The van der Waals surface area contributed by atoms with E-state index in [2.05, 4.69) is 242 Å². The van der Waals surface area contributed by atoms with Crippen LogP contribution >= 0.6 is 11.3 Å². The largest absolute Gasteiger partial charge is 0.310 e. The number of fused-ring (bicyclic) bond motifs is 3. The summed E-state index contributed by atoms with van der Waals surface area (Å²) in [6, 6.07) is 79.1. The van der Waals surface area contributed by atoms with Gasteiger partial charge in [-0.15, -0.1) is 11.3 Å². The third-order valence-corrected chi connectivity index (χ3v) is 12.5. The number of nitrogens with zero attached hydrogens (tertiary/aromatic N) is 2. The van der Waals surface area contributed by atoms with Gasteiger partial charge in [0.25, 0.3) is 0 Å². The quantitative estimate of drug-likeness (QED) is 0.144. The summed E-state index contributed by atoms with van der Waals surface area (Å²) >= 11 is 1.85. The Labute approximate surface area is 350 Å². The van der Waals surface area contributed by atoms with Gasteiger partial charge in [-0.2, -0.15) is 0 Å². The number of aryl methyl sites for hydroxylation is 2. The third-order valence-electron chi connectivity index (χ3n) is 11.3. The van der Waals surface area contributed by atoms with Crippen molar-refractivity contribution in [3.05, 3.63) is 230 Å². The molecule has 0 spiro atoms. The molecule has 10 aromatic rings. The number of benzene rings is 9. The molecule has 9 aromatic carbocycles. The van der Waals surface area contributed by atoms with Crippen LogP contribution in [0.2, 0.25) is 0 Å². The van der Waals surface area contributed by atoms with Crippen LogP contribution in [0.15, 0.2) is 218 Å². The highest BCUT2D eigenvalue weighted by Crippen LogP contribution is 2.42. The molecule has 0 saturated carbocycles. The maximum Gasteiger partial charge on any atom is 0.0468 e. The molecular weight excluding hydrogens is 733 g/mol. The smallest absolute Gasteiger partial charge is 0.0468 e. The molecule has 0 bridgehead atoms. The average molecular weight is 775 g/mol. The normalized spacial score (nSPS) is 11.2. The molecule has 2 nitrogen and oxygen atoms in total. The van der Waals surface area contributed by atoms with Crippen molar-refractivity contribution in [1.82, 2.24) is 0 Å². The topological polar surface area (TPSA) is 6.48 Å². The second kappa shape index (κ2) is 15.6. The Morgan fingerprint density at radius 1 is 0.288 bits per heavy atom. The van der Waals surface area contributed by atoms with Gasteiger partial charge in [0.15, 0.2) is 0 Å². The van der Waals surface area contributed by atoms with E-state index in [4.69, 9.17) is 0 Å². The van der Waals surface area contributed by atoms with E-state index in [1.54, 1.807) is 0 Å². The zero-order chi connectivity index (χ0) is 39.7. The summed E-state index contributed by atoms with van der Waals surface area (Å²) in [6.45, 7) is 4.39. The number of hydrogen-bond acceptors (Lipinski definition) is 3. The molecule has 1 aromatic heterocycles. The summed E-state index contributed by atoms with van der Waals surface area (Å²) < 4.78 is 2.62. The summed E-state index contributed by atoms with van der Waals surface area (Å²) in [5, 5.41) is 2.60. The van der Waals surface area contributed by atoms with Crippen molar-refractivity contribution in [2.24, 2.45) is 0 Å². The minimum atomic E-state index is 1.11. The van der Waals surface area contributed by atoms with E-state index >= 15 is 0 Å². The first kappa shape index (κ1) is 36.2. The molecule has 0 unspecified atom stereocenters. The van der Waals surface area contributed by atoms with Gasteiger partial charge in [0.05, 0.1) is 0 Å². The molecule has 0 radical (unpaired) electrons. The van der Waals surface area contributed by atoms with E-state index in [1.807, 2.05) is 11.3 Å². The van der Waals surface area contributed by atoms with Crippen molar-refractivity contribution in [2.75, 3.05) is 9.80 Å². The van der Waals surface area contributed by atoms with Crippen molar-refractivity contribution < 1.29 is 0 Å². The monoisotopic (exact) mass is 774 g/mol. The van der Waals surface area contributed by atoms with Crippen molar-refractivity contribution in [1.29, 1.82) is 0 Å². The Balaban J connectivity index is 0.958. The number of para-hydroxylation sites is 2. The minimum absolute atomic E-state index is 1.11. The van der Waals surface area contributed by atoms with E-state index < -0.39 is 0 Å². The highest BCUT2D eigenvalue weighted by atomic mass is 32.1. The molecule has 0 amide bonds. The SMILES string of the molecule is Cc1ccccc1-c1cc(N(c2ccccc2)c2ccc(-c3cccc(-c4ccc(N(c5ccccc5)c5ccc6sc7ccccc7c6c5)cc4)c3)cc2)ccc1C. The van der Waals surface area contributed by atoms with Gasteiger partial charge >= 0.3 is 0 Å². The minimum Gasteiger partial charge on any atom is -0.310 e. The van der Waals surface area contributed by atoms with Crippen molar-refractivity contribution in [3.63, 3.8) is 0 Å². The molecule has 0 aliphatic heterocycles. The van der Waals surface area contributed by atoms with E-state index in [9.17, 15) is 0 Å². The lowest BCUT2D eigenvalue weighted by atomic mass is 9.95. The van der Waals surface area contributed by atoms with Crippen LogP contribution in [0.5, 0.6) is 0 Å². The molecule has 0 saturated heterocycles. The van der Waals surface area contributed by atoms with E-state index in [1.165, 1.54) is 64.7 Å². The molecule has 0 atom stereocenters. The fourth-order valence-electron chi connectivity index (χ4n) is 8.30. The van der Waals surface area contributed by atoms with Crippen molar-refractivity contribution in [3.8, 4) is 33.4 Å². The first-order valence-corrected chi connectivity index (χ1v) is 21.0. The maximum absolute atomic E-state index is 2.35. The highest BCUT2D eigenvalue weighted by Gasteiger charge is 2.17. The average Bonchev–Trinajstić information content (AvgIpc) is 3.67. The molecular formula is C56H42N2S. The number of hydrogen-bond donors (Lipinski definition) is 0. The molecule has 282 valence electrons. The van der Waals surface area contributed by atoms with Crippen LogP contribution in [0.25, 0.3) is 53.6 Å². The molecule has 0 aliphatic carbocycles. The lowest BCUT2D eigenvalue weighted by molar-refractivity contribution is 1.27. The maximum atomic E-state index is 2.35. The zero-order valence-corrected chi connectivity index (χ0v) is 33.9. The van der Waals surface area contributed by atoms with Gasteiger partial charge in [0.1, 0.15) is 0 Å². The standard InChI is InChI=1S/C56H42N2S/c1-39-14-9-10-21-51(39)53-37-49(29-24-40(53)2)57(45-17-5-3-6-18-45)47-30-25-41(26-31-47)43-15-13-16-44(36-43)42-27-32-48(33-28-42)58(46-19-7-4-8-20-46)50-34-35-56-54(38-50)52-22-11-12-23-55(52)59-56/h3-38H,1-2H3. The first-order chi connectivity index (χ1) is 29.1. The van der Waals surface area contributed by atoms with Gasteiger partial charge in [0, 0.05) is 54.3 Å². The van der Waals surface area contributed by atoms with Gasteiger partial charge < -0.3 is 9.80 Å². The highest BCUT2D eigenvalue weighted by molar-refractivity contribution is 7.25. The molecule has 1 heterocycles. The molecule has 0 N–H and O–H groups in total. The lowest BCUT2D eigenvalue weighted by Crippen LogP contribution is -2.10. The van der Waals surface area contributed by atoms with Gasteiger partial charge in [-0.3, -0.25) is 0 Å². The van der Waals surface area contributed by atoms with E-state index in [0.29, 0.717) is 0 Å². The first-order valence-electron chi connectivity index (χ1n) is 20.2. The van der Waals surface area contributed by atoms with Crippen LogP contribution in [0.4, 0.5) is 34.1 Å². The summed E-state index contributed by atoms with van der Waals surface area (Å²) in [4.78, 5) is 4.70. The number of anilines is 6. The Kier molecular flexibility index (Phi) is 9.58. The fourth-order valence-corrected chi connectivity index (χ4v) is 9.39. The molecule has 3 heteroatoms. The summed E-state index contributed by atoms with van der Waals surface area (Å²) in [5.74, 6) is 0. The van der Waals surface area contributed by atoms with Crippen LogP contribution in [0, 0.1) is 13.8 Å². The van der Waals surface area contributed by atoms with E-state index in [-0.39, 0.29) is 0 Å². The third kappa shape index (κ3) is 7.07. The van der Waals surface area contributed by atoms with Crippen LogP contribution < -0.4 is 9.80 Å². The molecule has 10 rings (SSSR count). The van der Waals surface area contributed by atoms with Crippen molar-refractivity contribution in [2.45, 2.75) is 13.8 Å². The van der Waals surface area contributed by atoms with Crippen molar-refractivity contribution >= 4 is 65.6 Å². The fraction of sp³-hybridized carbons (Fsp3) is 0.0357. The van der Waals surface area contributed by atoms with Gasteiger partial charge in [-0.05, 0) is 149 Å². The van der Waals surface area contributed by atoms with Gasteiger partial charge in [0.2, 0.25) is 0 Å². The number of rotatable bonds is 9. The summed E-state index contributed by atoms with van der Waals surface area (Å²) in [5.41, 5.74) is 16.5. The summed E-state index contributed by atoms with van der Waals surface area (Å²) in [6.07, 6.45) is 0. The van der Waals surface area contributed by atoms with Gasteiger partial charge in [-0.1, -0.05) is 127 Å². The molecule has 0 aliphatic rings. The van der Waals surface area contributed by atoms with Crippen LogP contribution in [-0.4, -0.2) is 0 Å². The predicted octanol–water partition coefficient (Wildman–Crippen LogP) is 16.6. The number of thiophene rings is 1. The Morgan fingerprint density at radius 3 is 1.39 bits per heavy atom. The summed E-state index contributed by atoms with van der Waals surface area (Å²) in [7, 11) is 0. The van der Waals surface area contributed by atoms with Crippen LogP contribution in [0.1, 0.15) is 11.1 Å². The Bertz CT molecular complexity index is 3060. The molecule has 59 heavy (non-hydrogen) atoms. The second-order valence-corrected chi connectivity index (χ2v) is 16.2.